The lowest BCUT2D eigenvalue weighted by Crippen LogP contribution is -2.36. The van der Waals surface area contributed by atoms with Gasteiger partial charge in [-0.2, -0.15) is 0 Å². The summed E-state index contributed by atoms with van der Waals surface area (Å²) in [6, 6.07) is 0.345. The van der Waals surface area contributed by atoms with Crippen LogP contribution in [-0.2, 0) is 14.3 Å². The molecule has 1 saturated heterocycles. The molecule has 0 amide bonds. The third-order valence-corrected chi connectivity index (χ3v) is 2.35. The summed E-state index contributed by atoms with van der Waals surface area (Å²) < 4.78 is 10.7. The molecule has 4 nitrogen and oxygen atoms in total. The summed E-state index contributed by atoms with van der Waals surface area (Å²) >= 11 is 0. The molecule has 0 aliphatic carbocycles. The van der Waals surface area contributed by atoms with Crippen LogP contribution in [0, 0.1) is 0 Å². The lowest BCUT2D eigenvalue weighted by molar-refractivity contribution is -0.162. The van der Waals surface area contributed by atoms with Crippen LogP contribution in [0.5, 0.6) is 0 Å². The van der Waals surface area contributed by atoms with E-state index in [2.05, 4.69) is 12.2 Å². The molecule has 2 unspecified atom stereocenters. The van der Waals surface area contributed by atoms with E-state index in [9.17, 15) is 4.79 Å². The number of esters is 1. The molecule has 1 radical (unpaired) electrons. The highest BCUT2D eigenvalue weighted by molar-refractivity contribution is 5.71. The van der Waals surface area contributed by atoms with Gasteiger partial charge in [0.1, 0.15) is 12.2 Å². The Bertz CT molecular complexity index is 235. The number of hydrogen-bond acceptors (Lipinski definition) is 3. The van der Waals surface area contributed by atoms with Crippen LogP contribution in [0.1, 0.15) is 40.5 Å². The topological polar surface area (TPSA) is 49.6 Å². The standard InChI is InChI=1S/C12H22NO3/c1-9-7-10(5-6-13-9)15-8-11(14)16-12(2,3)4/h9-10H,5-8H2,1-4H3. The second kappa shape index (κ2) is 5.64. The normalized spacial score (nSPS) is 26.5. The van der Waals surface area contributed by atoms with Crippen molar-refractivity contribution in [1.29, 1.82) is 0 Å². The van der Waals surface area contributed by atoms with E-state index in [1.54, 1.807) is 0 Å². The minimum Gasteiger partial charge on any atom is -0.458 e. The Kier molecular flexibility index (Phi) is 4.74. The van der Waals surface area contributed by atoms with Crippen molar-refractivity contribution in [3.8, 4) is 0 Å². The van der Waals surface area contributed by atoms with Gasteiger partial charge in [-0.05, 0) is 40.5 Å². The first-order valence-electron chi connectivity index (χ1n) is 5.87. The first kappa shape index (κ1) is 13.5. The van der Waals surface area contributed by atoms with Gasteiger partial charge in [-0.25, -0.2) is 10.1 Å². The van der Waals surface area contributed by atoms with Gasteiger partial charge in [0.2, 0.25) is 0 Å². The van der Waals surface area contributed by atoms with Crippen LogP contribution >= 0.6 is 0 Å². The Balaban J connectivity index is 2.21. The quantitative estimate of drug-likeness (QED) is 0.688. The summed E-state index contributed by atoms with van der Waals surface area (Å²) in [6.45, 7) is 8.52. The second-order valence-electron chi connectivity index (χ2n) is 5.30. The van der Waals surface area contributed by atoms with E-state index in [-0.39, 0.29) is 18.7 Å². The zero-order chi connectivity index (χ0) is 12.2. The minimum atomic E-state index is -0.435. The summed E-state index contributed by atoms with van der Waals surface area (Å²) in [5.74, 6) is -0.289. The maximum Gasteiger partial charge on any atom is 0.332 e. The lowest BCUT2D eigenvalue weighted by Gasteiger charge is -2.27. The molecule has 4 heteroatoms. The van der Waals surface area contributed by atoms with E-state index in [1.165, 1.54) is 0 Å². The molecule has 0 aromatic carbocycles. The zero-order valence-corrected chi connectivity index (χ0v) is 10.7. The molecule has 93 valence electrons. The smallest absolute Gasteiger partial charge is 0.332 e. The molecule has 1 aliphatic heterocycles. The highest BCUT2D eigenvalue weighted by Gasteiger charge is 2.22. The Hall–Kier alpha value is -0.610. The number of rotatable bonds is 3. The first-order chi connectivity index (χ1) is 7.37. The molecule has 1 aliphatic rings. The average molecular weight is 228 g/mol. The number of carbonyl (C=O) groups excluding carboxylic acids is 1. The zero-order valence-electron chi connectivity index (χ0n) is 10.7. The molecule has 0 bridgehead atoms. The molecular weight excluding hydrogens is 206 g/mol. The molecular formula is C12H22NO3. The second-order valence-corrected chi connectivity index (χ2v) is 5.30. The van der Waals surface area contributed by atoms with E-state index < -0.39 is 5.60 Å². The molecule has 0 spiro atoms. The molecule has 0 aromatic heterocycles. The Morgan fingerprint density at radius 3 is 2.69 bits per heavy atom. The molecule has 1 fully saturated rings. The Morgan fingerprint density at radius 1 is 1.44 bits per heavy atom. The van der Waals surface area contributed by atoms with Crippen LogP contribution in [0.2, 0.25) is 0 Å². The number of carbonyl (C=O) groups is 1. The Morgan fingerprint density at radius 2 is 2.12 bits per heavy atom. The van der Waals surface area contributed by atoms with E-state index in [0.717, 1.165) is 19.4 Å². The van der Waals surface area contributed by atoms with Crippen LogP contribution in [0.4, 0.5) is 0 Å². The SMILES string of the molecule is CC1CC(OCC(=O)OC(C)(C)C)CC[N]1. The van der Waals surface area contributed by atoms with E-state index in [0.29, 0.717) is 6.04 Å². The van der Waals surface area contributed by atoms with Gasteiger partial charge in [0.15, 0.2) is 0 Å². The monoisotopic (exact) mass is 228 g/mol. The van der Waals surface area contributed by atoms with Crippen LogP contribution in [0.3, 0.4) is 0 Å². The van der Waals surface area contributed by atoms with Crippen LogP contribution in [0.15, 0.2) is 0 Å². The van der Waals surface area contributed by atoms with Crippen molar-refractivity contribution in [2.24, 2.45) is 0 Å². The van der Waals surface area contributed by atoms with E-state index in [4.69, 9.17) is 9.47 Å². The van der Waals surface area contributed by atoms with Gasteiger partial charge in [0, 0.05) is 12.6 Å². The van der Waals surface area contributed by atoms with Crippen LogP contribution in [0.25, 0.3) is 0 Å². The average Bonchev–Trinajstić information content (AvgIpc) is 2.12. The third-order valence-electron chi connectivity index (χ3n) is 2.35. The summed E-state index contributed by atoms with van der Waals surface area (Å²) in [5.41, 5.74) is -0.435. The van der Waals surface area contributed by atoms with Crippen LogP contribution < -0.4 is 5.32 Å². The van der Waals surface area contributed by atoms with Crippen LogP contribution in [-0.4, -0.2) is 36.9 Å². The molecule has 1 rings (SSSR count). The fourth-order valence-corrected chi connectivity index (χ4v) is 1.72. The van der Waals surface area contributed by atoms with Crippen molar-refractivity contribution in [2.75, 3.05) is 13.2 Å². The Labute approximate surface area is 97.7 Å². The summed E-state index contributed by atoms with van der Waals surface area (Å²) in [4.78, 5) is 11.4. The van der Waals surface area contributed by atoms with Crippen molar-refractivity contribution >= 4 is 5.97 Å². The lowest BCUT2D eigenvalue weighted by atomic mass is 10.0. The summed E-state index contributed by atoms with van der Waals surface area (Å²) in [6.07, 6.45) is 1.97. The van der Waals surface area contributed by atoms with E-state index in [1.807, 2.05) is 20.8 Å². The van der Waals surface area contributed by atoms with Gasteiger partial charge >= 0.3 is 5.97 Å². The highest BCUT2D eigenvalue weighted by Crippen LogP contribution is 2.14. The molecule has 2 atom stereocenters. The van der Waals surface area contributed by atoms with Crippen molar-refractivity contribution in [2.45, 2.75) is 58.3 Å². The highest BCUT2D eigenvalue weighted by atomic mass is 16.6. The van der Waals surface area contributed by atoms with Gasteiger partial charge in [-0.3, -0.25) is 0 Å². The maximum atomic E-state index is 11.4. The maximum absolute atomic E-state index is 11.4. The van der Waals surface area contributed by atoms with Gasteiger partial charge in [-0.15, -0.1) is 0 Å². The number of hydrogen-bond donors (Lipinski definition) is 0. The van der Waals surface area contributed by atoms with Crippen molar-refractivity contribution < 1.29 is 14.3 Å². The van der Waals surface area contributed by atoms with Gasteiger partial charge < -0.3 is 9.47 Å². The van der Waals surface area contributed by atoms with Gasteiger partial charge in [0.05, 0.1) is 6.10 Å². The van der Waals surface area contributed by atoms with Gasteiger partial charge in [-0.1, -0.05) is 0 Å². The molecule has 0 N–H and O–H groups in total. The molecule has 0 aromatic rings. The number of piperidine rings is 1. The number of ether oxygens (including phenoxy) is 2. The van der Waals surface area contributed by atoms with Crippen molar-refractivity contribution in [3.63, 3.8) is 0 Å². The molecule has 16 heavy (non-hydrogen) atoms. The fourth-order valence-electron chi connectivity index (χ4n) is 1.72. The molecule has 1 heterocycles. The van der Waals surface area contributed by atoms with E-state index >= 15 is 0 Å². The predicted octanol–water partition coefficient (Wildman–Crippen LogP) is 1.50. The largest absolute Gasteiger partial charge is 0.458 e. The predicted molar refractivity (Wildman–Crippen MR) is 61.3 cm³/mol. The minimum absolute atomic E-state index is 0.0503. The summed E-state index contributed by atoms with van der Waals surface area (Å²) in [7, 11) is 0. The first-order valence-corrected chi connectivity index (χ1v) is 5.87. The fraction of sp³-hybridized carbons (Fsp3) is 0.917. The summed E-state index contributed by atoms with van der Waals surface area (Å²) in [5, 5.41) is 4.37. The third kappa shape index (κ3) is 5.47. The van der Waals surface area contributed by atoms with Gasteiger partial charge in [0.25, 0.3) is 0 Å². The van der Waals surface area contributed by atoms with Crippen molar-refractivity contribution in [1.82, 2.24) is 5.32 Å². The number of nitrogens with zero attached hydrogens (tertiary/aromatic N) is 1. The molecule has 0 saturated carbocycles. The van der Waals surface area contributed by atoms with Crippen molar-refractivity contribution in [3.05, 3.63) is 0 Å².